The summed E-state index contributed by atoms with van der Waals surface area (Å²) < 4.78 is 21.6. The quantitative estimate of drug-likeness (QED) is 0.348. The van der Waals surface area contributed by atoms with Crippen molar-refractivity contribution in [3.05, 3.63) is 45.6 Å². The zero-order valence-electron chi connectivity index (χ0n) is 24.6. The summed E-state index contributed by atoms with van der Waals surface area (Å²) in [4.78, 5) is 50.2. The largest absolute Gasteiger partial charge is 0.493 e. The summed E-state index contributed by atoms with van der Waals surface area (Å²) in [7, 11) is 5.89. The van der Waals surface area contributed by atoms with E-state index >= 15 is 0 Å². The summed E-state index contributed by atoms with van der Waals surface area (Å²) in [5, 5.41) is 8.81. The first-order valence-electron chi connectivity index (χ1n) is 13.4. The van der Waals surface area contributed by atoms with Crippen molar-refractivity contribution in [1.82, 2.24) is 10.6 Å². The van der Waals surface area contributed by atoms with E-state index in [-0.39, 0.29) is 41.8 Å². The molecule has 0 spiro atoms. The van der Waals surface area contributed by atoms with Gasteiger partial charge in [-0.25, -0.2) is 0 Å². The minimum Gasteiger partial charge on any atom is -0.493 e. The number of methoxy groups -OCH3 is 4. The van der Waals surface area contributed by atoms with Crippen molar-refractivity contribution < 1.29 is 33.3 Å². The van der Waals surface area contributed by atoms with Crippen LogP contribution in [0.2, 0.25) is 0 Å². The highest BCUT2D eigenvalue weighted by Gasteiger charge is 2.30. The van der Waals surface area contributed by atoms with E-state index in [4.69, 9.17) is 14.2 Å². The van der Waals surface area contributed by atoms with Crippen molar-refractivity contribution in [3.63, 3.8) is 0 Å². The third-order valence-electron chi connectivity index (χ3n) is 7.03. The highest BCUT2D eigenvalue weighted by Crippen LogP contribution is 2.50. The number of ether oxygens (including phenoxy) is 4. The van der Waals surface area contributed by atoms with Crippen molar-refractivity contribution in [2.24, 2.45) is 5.92 Å². The van der Waals surface area contributed by atoms with Crippen LogP contribution in [0.25, 0.3) is 11.1 Å². The average Bonchev–Trinajstić information content (AvgIpc) is 3.18. The fraction of sp³-hybridized carbons (Fsp3) is 0.467. The van der Waals surface area contributed by atoms with Crippen LogP contribution in [0, 0.1) is 5.92 Å². The Morgan fingerprint density at radius 2 is 1.71 bits per heavy atom. The van der Waals surface area contributed by atoms with Crippen LogP contribution in [0.5, 0.6) is 17.2 Å². The Kier molecular flexibility index (Phi) is 10.6. The second-order valence-electron chi connectivity index (χ2n) is 10.1. The number of rotatable bonds is 11. The second kappa shape index (κ2) is 13.9. The first-order valence-corrected chi connectivity index (χ1v) is 13.4. The van der Waals surface area contributed by atoms with E-state index < -0.39 is 18.1 Å². The van der Waals surface area contributed by atoms with E-state index in [1.165, 1.54) is 34.3 Å². The molecular weight excluding hydrogens is 530 g/mol. The molecule has 0 saturated carbocycles. The maximum Gasteiger partial charge on any atom is 0.307 e. The molecule has 3 rings (SSSR count). The molecule has 0 radical (unpaired) electrons. The lowest BCUT2D eigenvalue weighted by atomic mass is 9.95. The average molecular weight is 570 g/mol. The Morgan fingerprint density at radius 3 is 2.29 bits per heavy atom. The summed E-state index contributed by atoms with van der Waals surface area (Å²) in [5.41, 5.74) is 2.80. The predicted octanol–water partition coefficient (Wildman–Crippen LogP) is 2.98. The number of amides is 2. The lowest BCUT2D eigenvalue weighted by Gasteiger charge is -2.22. The van der Waals surface area contributed by atoms with Gasteiger partial charge in [0, 0.05) is 19.0 Å². The van der Waals surface area contributed by atoms with Gasteiger partial charge in [-0.15, -0.1) is 0 Å². The molecule has 0 aliphatic heterocycles. The maximum atomic E-state index is 13.6. The smallest absolute Gasteiger partial charge is 0.307 e. The summed E-state index contributed by atoms with van der Waals surface area (Å²) in [6.07, 6.45) is 1.14. The normalized spacial score (nSPS) is 14.5. The standard InChI is InChI=1S/C30H39N3O8/c1-16(2)27(30(37)31-13-12-25(36)39-5)33-22-11-9-19-20(15-23(22)35)21(32-17(3)34)10-8-18-14-24(38-4)28(40-6)29(41-7)26(18)19/h9,11,14-16,21,27H,8,10,12-13H2,1-7H3,(H,31,37)(H,32,34)(H,33,35). The molecule has 1 aliphatic rings. The molecule has 3 N–H and O–H groups in total. The van der Waals surface area contributed by atoms with Crippen LogP contribution in [0.4, 0.5) is 5.69 Å². The van der Waals surface area contributed by atoms with Crippen molar-refractivity contribution >= 4 is 23.5 Å². The molecule has 11 nitrogen and oxygen atoms in total. The first kappa shape index (κ1) is 31.3. The fourth-order valence-corrected chi connectivity index (χ4v) is 5.03. The molecule has 0 aromatic heterocycles. The lowest BCUT2D eigenvalue weighted by Crippen LogP contribution is -2.44. The molecule has 2 atom stereocenters. The van der Waals surface area contributed by atoms with Crippen molar-refractivity contribution in [3.8, 4) is 28.4 Å². The minimum absolute atomic E-state index is 0.0346. The van der Waals surface area contributed by atoms with Crippen LogP contribution in [-0.4, -0.2) is 58.8 Å². The molecule has 222 valence electrons. The maximum absolute atomic E-state index is 13.6. The lowest BCUT2D eigenvalue weighted by molar-refractivity contribution is -0.140. The van der Waals surface area contributed by atoms with Gasteiger partial charge in [0.1, 0.15) is 6.04 Å². The first-order chi connectivity index (χ1) is 19.6. The molecule has 0 fully saturated rings. The molecule has 2 unspecified atom stereocenters. The van der Waals surface area contributed by atoms with E-state index in [2.05, 4.69) is 20.7 Å². The van der Waals surface area contributed by atoms with E-state index in [1.807, 2.05) is 19.9 Å². The Bertz CT molecular complexity index is 1360. The molecule has 2 aromatic rings. The number of anilines is 1. The van der Waals surface area contributed by atoms with Crippen LogP contribution < -0.4 is 35.6 Å². The van der Waals surface area contributed by atoms with Gasteiger partial charge in [0.05, 0.1) is 46.6 Å². The number of hydrogen-bond acceptors (Lipinski definition) is 9. The Labute approximate surface area is 239 Å². The molecule has 2 aromatic carbocycles. The van der Waals surface area contributed by atoms with Gasteiger partial charge in [-0.2, -0.15) is 0 Å². The fourth-order valence-electron chi connectivity index (χ4n) is 5.03. The van der Waals surface area contributed by atoms with E-state index in [9.17, 15) is 19.2 Å². The van der Waals surface area contributed by atoms with E-state index in [1.54, 1.807) is 19.2 Å². The molecule has 0 bridgehead atoms. The number of aryl methyl sites for hydroxylation is 1. The van der Waals surface area contributed by atoms with Gasteiger partial charge in [-0.1, -0.05) is 19.9 Å². The number of carbonyl (C=O) groups excluding carboxylic acids is 3. The third kappa shape index (κ3) is 7.08. The van der Waals surface area contributed by atoms with Gasteiger partial charge in [-0.3, -0.25) is 19.2 Å². The van der Waals surface area contributed by atoms with Crippen molar-refractivity contribution in [2.75, 3.05) is 40.3 Å². The summed E-state index contributed by atoms with van der Waals surface area (Å²) in [5.74, 6) is 0.175. The molecule has 2 amide bonds. The summed E-state index contributed by atoms with van der Waals surface area (Å²) in [6.45, 7) is 5.25. The Morgan fingerprint density at radius 1 is 1.00 bits per heavy atom. The zero-order valence-corrected chi connectivity index (χ0v) is 24.6. The van der Waals surface area contributed by atoms with Gasteiger partial charge >= 0.3 is 5.97 Å². The highest BCUT2D eigenvalue weighted by atomic mass is 16.5. The predicted molar refractivity (Wildman–Crippen MR) is 155 cm³/mol. The molecule has 0 saturated heterocycles. The Balaban J connectivity index is 2.15. The number of carbonyl (C=O) groups is 3. The summed E-state index contributed by atoms with van der Waals surface area (Å²) in [6, 6.07) is 5.60. The zero-order chi connectivity index (χ0) is 30.3. The van der Waals surface area contributed by atoms with Crippen LogP contribution in [0.15, 0.2) is 29.1 Å². The third-order valence-corrected chi connectivity index (χ3v) is 7.03. The topological polar surface area (TPSA) is 141 Å². The van der Waals surface area contributed by atoms with Gasteiger partial charge in [0.15, 0.2) is 11.5 Å². The number of benzene rings is 1. The van der Waals surface area contributed by atoms with E-state index in [0.717, 1.165) is 11.1 Å². The van der Waals surface area contributed by atoms with Gasteiger partial charge < -0.3 is 34.9 Å². The van der Waals surface area contributed by atoms with Crippen LogP contribution >= 0.6 is 0 Å². The van der Waals surface area contributed by atoms with Crippen molar-refractivity contribution in [2.45, 2.75) is 52.1 Å². The number of fused-ring (bicyclic) bond motifs is 3. The molecular formula is C30H39N3O8. The van der Waals surface area contributed by atoms with Gasteiger partial charge in [0.25, 0.3) is 0 Å². The molecule has 0 heterocycles. The number of nitrogens with one attached hydrogen (secondary N) is 3. The van der Waals surface area contributed by atoms with Gasteiger partial charge in [-0.05, 0) is 53.6 Å². The van der Waals surface area contributed by atoms with Crippen LogP contribution in [-0.2, 0) is 25.5 Å². The Hall–Kier alpha value is -4.28. The number of hydrogen-bond donors (Lipinski definition) is 3. The minimum atomic E-state index is -0.750. The molecule has 41 heavy (non-hydrogen) atoms. The van der Waals surface area contributed by atoms with E-state index in [0.29, 0.717) is 41.2 Å². The second-order valence-corrected chi connectivity index (χ2v) is 10.1. The van der Waals surface area contributed by atoms with Gasteiger partial charge in [0.2, 0.25) is 23.0 Å². The van der Waals surface area contributed by atoms with Crippen LogP contribution in [0.1, 0.15) is 50.8 Å². The highest BCUT2D eigenvalue weighted by molar-refractivity contribution is 5.86. The van der Waals surface area contributed by atoms with Crippen molar-refractivity contribution in [1.29, 1.82) is 0 Å². The number of esters is 1. The van der Waals surface area contributed by atoms with Crippen LogP contribution in [0.3, 0.4) is 0 Å². The SMILES string of the molecule is COC(=O)CCNC(=O)C(Nc1ccc2c(cc1=O)C(NC(C)=O)CCc1cc(OC)c(OC)c(OC)c1-2)C(C)C. The molecule has 1 aliphatic carbocycles. The molecule has 11 heteroatoms. The monoisotopic (exact) mass is 569 g/mol. The summed E-state index contributed by atoms with van der Waals surface area (Å²) >= 11 is 0.